The number of anilines is 1. The molecule has 2 N–H and O–H groups in total. The molecule has 2 aromatic rings. The molecule has 0 unspecified atom stereocenters. The molecule has 26 heavy (non-hydrogen) atoms. The highest BCUT2D eigenvalue weighted by Crippen LogP contribution is 2.14. The molecule has 0 aliphatic rings. The van der Waals surface area contributed by atoms with Crippen LogP contribution in [0.4, 0.5) is 5.82 Å². The standard InChI is InChI=1S/C17H17BrN4O3S/c18-15-5-1-3-13(9-15)11-26(24,25)12-16(23)20-7-8-22-17-14(10-19)4-2-6-21-17/h1-6,9H,7-8,11-12H2,(H,20,23)(H,21,22). The highest BCUT2D eigenvalue weighted by Gasteiger charge is 2.17. The molecular formula is C17H17BrN4O3S. The smallest absolute Gasteiger partial charge is 0.235 e. The molecule has 7 nitrogen and oxygen atoms in total. The summed E-state index contributed by atoms with van der Waals surface area (Å²) in [6.45, 7) is 0.537. The molecule has 1 heterocycles. The number of amides is 1. The second-order valence-corrected chi connectivity index (χ2v) is 8.43. The number of aromatic nitrogens is 1. The van der Waals surface area contributed by atoms with Gasteiger partial charge < -0.3 is 10.6 Å². The van der Waals surface area contributed by atoms with Crippen molar-refractivity contribution in [2.75, 3.05) is 24.2 Å². The largest absolute Gasteiger partial charge is 0.367 e. The molecule has 1 amide bonds. The van der Waals surface area contributed by atoms with Crippen molar-refractivity contribution in [1.82, 2.24) is 10.3 Å². The Hall–Kier alpha value is -2.44. The number of hydrogen-bond acceptors (Lipinski definition) is 6. The number of pyridine rings is 1. The lowest BCUT2D eigenvalue weighted by atomic mass is 10.2. The number of hydrogen-bond donors (Lipinski definition) is 2. The lowest BCUT2D eigenvalue weighted by Gasteiger charge is -2.09. The molecular weight excluding hydrogens is 420 g/mol. The molecule has 0 spiro atoms. The Labute approximate surface area is 160 Å². The number of rotatable bonds is 8. The molecule has 2 rings (SSSR count). The minimum atomic E-state index is -3.56. The summed E-state index contributed by atoms with van der Waals surface area (Å²) >= 11 is 3.29. The van der Waals surface area contributed by atoms with Crippen molar-refractivity contribution in [2.45, 2.75) is 5.75 Å². The van der Waals surface area contributed by atoms with E-state index in [1.54, 1.807) is 42.6 Å². The third-order valence-corrected chi connectivity index (χ3v) is 5.26. The van der Waals surface area contributed by atoms with Crippen molar-refractivity contribution in [1.29, 1.82) is 5.26 Å². The molecule has 0 bridgehead atoms. The van der Waals surface area contributed by atoms with Crippen molar-refractivity contribution < 1.29 is 13.2 Å². The van der Waals surface area contributed by atoms with Gasteiger partial charge >= 0.3 is 0 Å². The zero-order valence-corrected chi connectivity index (χ0v) is 16.2. The molecule has 0 aliphatic heterocycles. The van der Waals surface area contributed by atoms with E-state index in [-0.39, 0.29) is 12.3 Å². The Morgan fingerprint density at radius 2 is 2.04 bits per heavy atom. The van der Waals surface area contributed by atoms with E-state index < -0.39 is 21.5 Å². The van der Waals surface area contributed by atoms with Gasteiger partial charge in [-0.3, -0.25) is 4.79 Å². The fourth-order valence-electron chi connectivity index (χ4n) is 2.20. The normalized spacial score (nSPS) is 10.8. The Balaban J connectivity index is 1.78. The first-order chi connectivity index (χ1) is 12.4. The molecule has 0 fully saturated rings. The summed E-state index contributed by atoms with van der Waals surface area (Å²) in [6.07, 6.45) is 1.55. The number of nitriles is 1. The van der Waals surface area contributed by atoms with Crippen molar-refractivity contribution in [3.63, 3.8) is 0 Å². The Morgan fingerprint density at radius 1 is 1.23 bits per heavy atom. The van der Waals surface area contributed by atoms with Gasteiger partial charge in [0.15, 0.2) is 9.84 Å². The van der Waals surface area contributed by atoms with Crippen LogP contribution >= 0.6 is 15.9 Å². The average molecular weight is 437 g/mol. The minimum Gasteiger partial charge on any atom is -0.367 e. The van der Waals surface area contributed by atoms with Crippen LogP contribution in [0.1, 0.15) is 11.1 Å². The molecule has 9 heteroatoms. The predicted molar refractivity (Wildman–Crippen MR) is 102 cm³/mol. The first kappa shape index (κ1) is 19.9. The average Bonchev–Trinajstić information content (AvgIpc) is 2.58. The van der Waals surface area contributed by atoms with E-state index in [4.69, 9.17) is 5.26 Å². The summed E-state index contributed by atoms with van der Waals surface area (Å²) < 4.78 is 25.0. The van der Waals surface area contributed by atoms with Gasteiger partial charge in [0, 0.05) is 23.8 Å². The third kappa shape index (κ3) is 6.46. The number of halogens is 1. The second kappa shape index (κ2) is 9.31. The monoisotopic (exact) mass is 436 g/mol. The third-order valence-electron chi connectivity index (χ3n) is 3.29. The summed E-state index contributed by atoms with van der Waals surface area (Å²) in [5.41, 5.74) is 1.02. The van der Waals surface area contributed by atoms with Crippen LogP contribution in [0.5, 0.6) is 0 Å². The van der Waals surface area contributed by atoms with Crippen LogP contribution in [0.15, 0.2) is 47.1 Å². The molecule has 1 aromatic carbocycles. The van der Waals surface area contributed by atoms with Gasteiger partial charge in [0.2, 0.25) is 5.91 Å². The van der Waals surface area contributed by atoms with Crippen molar-refractivity contribution in [3.05, 3.63) is 58.2 Å². The van der Waals surface area contributed by atoms with Crippen LogP contribution in [0, 0.1) is 11.3 Å². The van der Waals surface area contributed by atoms with Crippen LogP contribution < -0.4 is 10.6 Å². The highest BCUT2D eigenvalue weighted by atomic mass is 79.9. The van der Waals surface area contributed by atoms with Crippen LogP contribution in [0.25, 0.3) is 0 Å². The molecule has 0 saturated heterocycles. The summed E-state index contributed by atoms with van der Waals surface area (Å²) in [4.78, 5) is 15.9. The maximum absolute atomic E-state index is 12.1. The zero-order chi connectivity index (χ0) is 19.0. The molecule has 136 valence electrons. The number of carbonyl (C=O) groups is 1. The molecule has 0 saturated carbocycles. The van der Waals surface area contributed by atoms with E-state index in [2.05, 4.69) is 31.5 Å². The number of nitrogens with one attached hydrogen (secondary N) is 2. The van der Waals surface area contributed by atoms with Crippen LogP contribution in [0.3, 0.4) is 0 Å². The first-order valence-electron chi connectivity index (χ1n) is 7.70. The zero-order valence-electron chi connectivity index (χ0n) is 13.8. The topological polar surface area (TPSA) is 112 Å². The Morgan fingerprint density at radius 3 is 2.77 bits per heavy atom. The first-order valence-corrected chi connectivity index (χ1v) is 10.3. The van der Waals surface area contributed by atoms with Crippen LogP contribution in [0.2, 0.25) is 0 Å². The summed E-state index contributed by atoms with van der Waals surface area (Å²) in [5, 5.41) is 14.4. The van der Waals surface area contributed by atoms with Gasteiger partial charge in [-0.15, -0.1) is 0 Å². The van der Waals surface area contributed by atoms with E-state index in [9.17, 15) is 13.2 Å². The molecule has 0 atom stereocenters. The predicted octanol–water partition coefficient (Wildman–Crippen LogP) is 1.86. The SMILES string of the molecule is N#Cc1cccnc1NCCNC(=O)CS(=O)(=O)Cc1cccc(Br)c1. The van der Waals surface area contributed by atoms with Gasteiger partial charge in [-0.2, -0.15) is 5.26 Å². The van der Waals surface area contributed by atoms with Gasteiger partial charge in [-0.25, -0.2) is 13.4 Å². The lowest BCUT2D eigenvalue weighted by Crippen LogP contribution is -2.34. The summed E-state index contributed by atoms with van der Waals surface area (Å²) in [7, 11) is -3.56. The quantitative estimate of drug-likeness (QED) is 0.610. The lowest BCUT2D eigenvalue weighted by molar-refractivity contribution is -0.118. The fraction of sp³-hybridized carbons (Fsp3) is 0.235. The molecule has 0 radical (unpaired) electrons. The van der Waals surface area contributed by atoms with Crippen molar-refractivity contribution in [3.8, 4) is 6.07 Å². The van der Waals surface area contributed by atoms with Gasteiger partial charge in [0.25, 0.3) is 0 Å². The van der Waals surface area contributed by atoms with E-state index in [0.29, 0.717) is 23.5 Å². The van der Waals surface area contributed by atoms with Gasteiger partial charge in [-0.1, -0.05) is 28.1 Å². The van der Waals surface area contributed by atoms with Crippen molar-refractivity contribution in [2.24, 2.45) is 0 Å². The Bertz CT molecular complexity index is 926. The second-order valence-electron chi connectivity index (χ2n) is 5.45. The molecule has 1 aromatic heterocycles. The number of sulfone groups is 1. The highest BCUT2D eigenvalue weighted by molar-refractivity contribution is 9.10. The van der Waals surface area contributed by atoms with E-state index in [1.807, 2.05) is 6.07 Å². The molecule has 0 aliphatic carbocycles. The maximum Gasteiger partial charge on any atom is 0.235 e. The Kier molecular flexibility index (Phi) is 7.12. The maximum atomic E-state index is 12.1. The van der Waals surface area contributed by atoms with E-state index >= 15 is 0 Å². The number of benzene rings is 1. The van der Waals surface area contributed by atoms with E-state index in [1.165, 1.54) is 0 Å². The van der Waals surface area contributed by atoms with E-state index in [0.717, 1.165) is 4.47 Å². The fourth-order valence-corrected chi connectivity index (χ4v) is 3.94. The van der Waals surface area contributed by atoms with Gasteiger partial charge in [0.1, 0.15) is 17.6 Å². The minimum absolute atomic E-state index is 0.197. The number of nitrogens with zero attached hydrogens (tertiary/aromatic N) is 2. The summed E-state index contributed by atoms with van der Waals surface area (Å²) in [5.74, 6) is -0.917. The van der Waals surface area contributed by atoms with Crippen molar-refractivity contribution >= 4 is 37.5 Å². The van der Waals surface area contributed by atoms with Gasteiger partial charge in [0.05, 0.1) is 11.3 Å². The number of carbonyl (C=O) groups excluding carboxylic acids is 1. The summed E-state index contributed by atoms with van der Waals surface area (Å²) in [6, 6.07) is 12.2. The van der Waals surface area contributed by atoms with Crippen LogP contribution in [-0.4, -0.2) is 38.2 Å². The van der Waals surface area contributed by atoms with Gasteiger partial charge in [-0.05, 0) is 29.8 Å². The van der Waals surface area contributed by atoms with Crippen LogP contribution in [-0.2, 0) is 20.4 Å².